The first-order valence-corrected chi connectivity index (χ1v) is 4.34. The van der Waals surface area contributed by atoms with E-state index in [9.17, 15) is 0 Å². The maximum Gasteiger partial charge on any atom is 0.155 e. The summed E-state index contributed by atoms with van der Waals surface area (Å²) in [4.78, 5) is 0. The van der Waals surface area contributed by atoms with Gasteiger partial charge in [0, 0.05) is 0 Å². The monoisotopic (exact) mass is 193 g/mol. The Balaban J connectivity index is 2.57. The molecule has 2 aromatic rings. The summed E-state index contributed by atoms with van der Waals surface area (Å²) in [5, 5.41) is 16.7. The van der Waals surface area contributed by atoms with E-state index >= 15 is 0 Å². The van der Waals surface area contributed by atoms with Crippen molar-refractivity contribution < 1.29 is 9.84 Å². The van der Waals surface area contributed by atoms with Gasteiger partial charge in [-0.3, -0.25) is 0 Å². The van der Waals surface area contributed by atoms with Gasteiger partial charge in [-0.25, -0.2) is 4.68 Å². The minimum absolute atomic E-state index is 0.0513. The number of benzene rings is 1. The SMILES string of the molecule is COc1cccc2c1nnn2CCO. The molecular weight excluding hydrogens is 182 g/mol. The summed E-state index contributed by atoms with van der Waals surface area (Å²) in [6.45, 7) is 0.499. The number of methoxy groups -OCH3 is 1. The molecule has 1 N–H and O–H groups in total. The number of hydrogen-bond donors (Lipinski definition) is 1. The first kappa shape index (κ1) is 8.96. The zero-order valence-electron chi connectivity index (χ0n) is 7.84. The highest BCUT2D eigenvalue weighted by atomic mass is 16.5. The second-order valence-electron chi connectivity index (χ2n) is 2.86. The van der Waals surface area contributed by atoms with Crippen molar-refractivity contribution >= 4 is 11.0 Å². The molecule has 0 aliphatic heterocycles. The van der Waals surface area contributed by atoms with Gasteiger partial charge in [0.05, 0.1) is 25.8 Å². The van der Waals surface area contributed by atoms with Gasteiger partial charge in [0.2, 0.25) is 0 Å². The third-order valence-electron chi connectivity index (χ3n) is 2.04. The van der Waals surface area contributed by atoms with Gasteiger partial charge in [0.15, 0.2) is 5.52 Å². The van der Waals surface area contributed by atoms with E-state index in [0.29, 0.717) is 12.3 Å². The van der Waals surface area contributed by atoms with Crippen molar-refractivity contribution in [3.8, 4) is 5.75 Å². The van der Waals surface area contributed by atoms with Crippen LogP contribution in [-0.2, 0) is 6.54 Å². The lowest BCUT2D eigenvalue weighted by atomic mass is 10.3. The first-order valence-electron chi connectivity index (χ1n) is 4.34. The summed E-state index contributed by atoms with van der Waals surface area (Å²) in [5.41, 5.74) is 1.60. The molecule has 0 saturated heterocycles. The Bertz CT molecular complexity index is 439. The van der Waals surface area contributed by atoms with E-state index in [1.807, 2.05) is 18.2 Å². The van der Waals surface area contributed by atoms with Crippen molar-refractivity contribution in [3.63, 3.8) is 0 Å². The number of ether oxygens (including phenoxy) is 1. The zero-order valence-corrected chi connectivity index (χ0v) is 7.84. The van der Waals surface area contributed by atoms with Crippen molar-refractivity contribution in [1.82, 2.24) is 15.0 Å². The van der Waals surface area contributed by atoms with Crippen LogP contribution in [0.1, 0.15) is 0 Å². The molecule has 0 aliphatic carbocycles. The van der Waals surface area contributed by atoms with Crippen LogP contribution in [0.15, 0.2) is 18.2 Å². The van der Waals surface area contributed by atoms with Crippen LogP contribution in [0.2, 0.25) is 0 Å². The lowest BCUT2D eigenvalue weighted by Crippen LogP contribution is -2.03. The highest BCUT2D eigenvalue weighted by Gasteiger charge is 2.07. The second kappa shape index (κ2) is 3.63. The summed E-state index contributed by atoms with van der Waals surface area (Å²) in [6.07, 6.45) is 0. The van der Waals surface area contributed by atoms with Crippen LogP contribution in [-0.4, -0.2) is 33.8 Å². The lowest BCUT2D eigenvalue weighted by molar-refractivity contribution is 0.270. The van der Waals surface area contributed by atoms with E-state index in [1.165, 1.54) is 0 Å². The average molecular weight is 193 g/mol. The van der Waals surface area contributed by atoms with Gasteiger partial charge in [0.25, 0.3) is 0 Å². The Hall–Kier alpha value is -1.62. The number of aromatic nitrogens is 3. The van der Waals surface area contributed by atoms with Crippen molar-refractivity contribution in [1.29, 1.82) is 0 Å². The van der Waals surface area contributed by atoms with Gasteiger partial charge in [0.1, 0.15) is 5.75 Å². The van der Waals surface area contributed by atoms with Crippen molar-refractivity contribution in [2.24, 2.45) is 0 Å². The molecule has 0 spiro atoms. The largest absolute Gasteiger partial charge is 0.494 e. The zero-order chi connectivity index (χ0) is 9.97. The number of hydrogen-bond acceptors (Lipinski definition) is 4. The van der Waals surface area contributed by atoms with Gasteiger partial charge in [-0.05, 0) is 12.1 Å². The highest BCUT2D eigenvalue weighted by Crippen LogP contribution is 2.22. The van der Waals surface area contributed by atoms with Crippen molar-refractivity contribution in [3.05, 3.63) is 18.2 Å². The second-order valence-corrected chi connectivity index (χ2v) is 2.86. The molecule has 0 bridgehead atoms. The maximum atomic E-state index is 8.80. The van der Waals surface area contributed by atoms with Gasteiger partial charge in [-0.1, -0.05) is 11.3 Å². The number of aliphatic hydroxyl groups is 1. The van der Waals surface area contributed by atoms with Crippen LogP contribution in [0, 0.1) is 0 Å². The number of aliphatic hydroxyl groups excluding tert-OH is 1. The Morgan fingerprint density at radius 1 is 1.50 bits per heavy atom. The normalized spacial score (nSPS) is 10.7. The van der Waals surface area contributed by atoms with Crippen LogP contribution in [0.25, 0.3) is 11.0 Å². The molecule has 2 rings (SSSR count). The van der Waals surface area contributed by atoms with Crippen LogP contribution < -0.4 is 4.74 Å². The molecule has 74 valence electrons. The molecule has 0 unspecified atom stereocenters. The van der Waals surface area contributed by atoms with E-state index in [1.54, 1.807) is 11.8 Å². The number of rotatable bonds is 3. The van der Waals surface area contributed by atoms with Crippen molar-refractivity contribution in [2.75, 3.05) is 13.7 Å². The molecular formula is C9H11N3O2. The molecule has 0 amide bonds. The Kier molecular flexibility index (Phi) is 2.32. The predicted octanol–water partition coefficient (Wildman–Crippen LogP) is 0.432. The summed E-state index contributed by atoms with van der Waals surface area (Å²) in [7, 11) is 1.60. The number of nitrogens with zero attached hydrogens (tertiary/aromatic N) is 3. The van der Waals surface area contributed by atoms with Crippen LogP contribution in [0.3, 0.4) is 0 Å². The molecule has 1 aromatic carbocycles. The van der Waals surface area contributed by atoms with Gasteiger partial charge in [-0.2, -0.15) is 0 Å². The third kappa shape index (κ3) is 1.31. The van der Waals surface area contributed by atoms with Gasteiger partial charge < -0.3 is 9.84 Å². The fourth-order valence-corrected chi connectivity index (χ4v) is 1.39. The fourth-order valence-electron chi connectivity index (χ4n) is 1.39. The first-order chi connectivity index (χ1) is 6.86. The molecule has 0 atom stereocenters. The molecule has 0 aliphatic rings. The van der Waals surface area contributed by atoms with Gasteiger partial charge >= 0.3 is 0 Å². The minimum Gasteiger partial charge on any atom is -0.494 e. The van der Waals surface area contributed by atoms with E-state index in [-0.39, 0.29) is 6.61 Å². The molecule has 1 heterocycles. The Labute approximate surface area is 80.9 Å². The third-order valence-corrected chi connectivity index (χ3v) is 2.04. The van der Waals surface area contributed by atoms with Crippen LogP contribution in [0.4, 0.5) is 0 Å². The summed E-state index contributed by atoms with van der Waals surface area (Å²) < 4.78 is 6.79. The molecule has 0 radical (unpaired) electrons. The Morgan fingerprint density at radius 3 is 3.07 bits per heavy atom. The average Bonchev–Trinajstić information content (AvgIpc) is 2.62. The lowest BCUT2D eigenvalue weighted by Gasteiger charge is -2.00. The number of fused-ring (bicyclic) bond motifs is 1. The molecule has 0 fully saturated rings. The summed E-state index contributed by atoms with van der Waals surface area (Å²) in [6, 6.07) is 5.60. The molecule has 0 saturated carbocycles. The topological polar surface area (TPSA) is 60.2 Å². The summed E-state index contributed by atoms with van der Waals surface area (Å²) >= 11 is 0. The fraction of sp³-hybridized carbons (Fsp3) is 0.333. The van der Waals surface area contributed by atoms with E-state index < -0.39 is 0 Å². The standard InChI is InChI=1S/C9H11N3O2/c1-14-8-4-2-3-7-9(8)10-11-12(7)5-6-13/h2-4,13H,5-6H2,1H3. The molecule has 1 aromatic heterocycles. The highest BCUT2D eigenvalue weighted by molar-refractivity contribution is 5.80. The van der Waals surface area contributed by atoms with Gasteiger partial charge in [-0.15, -0.1) is 5.10 Å². The van der Waals surface area contributed by atoms with E-state index in [4.69, 9.17) is 9.84 Å². The summed E-state index contributed by atoms with van der Waals surface area (Å²) in [5.74, 6) is 0.701. The van der Waals surface area contributed by atoms with Crippen LogP contribution in [0.5, 0.6) is 5.75 Å². The van der Waals surface area contributed by atoms with E-state index in [0.717, 1.165) is 11.0 Å². The van der Waals surface area contributed by atoms with Crippen molar-refractivity contribution in [2.45, 2.75) is 6.54 Å². The Morgan fingerprint density at radius 2 is 2.36 bits per heavy atom. The maximum absolute atomic E-state index is 8.80. The quantitative estimate of drug-likeness (QED) is 0.768. The van der Waals surface area contributed by atoms with E-state index in [2.05, 4.69) is 10.3 Å². The smallest absolute Gasteiger partial charge is 0.155 e. The molecule has 5 heteroatoms. The molecule has 5 nitrogen and oxygen atoms in total. The van der Waals surface area contributed by atoms with Crippen LogP contribution >= 0.6 is 0 Å². The minimum atomic E-state index is 0.0513. The predicted molar refractivity (Wildman–Crippen MR) is 51.2 cm³/mol. The molecule has 14 heavy (non-hydrogen) atoms.